The number of hydrogen-bond acceptors (Lipinski definition) is 5. The van der Waals surface area contributed by atoms with Gasteiger partial charge in [-0.15, -0.1) is 0 Å². The van der Waals surface area contributed by atoms with E-state index in [2.05, 4.69) is 0 Å². The number of carbonyl (C=O) groups is 2. The van der Waals surface area contributed by atoms with E-state index in [4.69, 9.17) is 5.11 Å². The molecular weight excluding hydrogens is 442 g/mol. The predicted octanol–water partition coefficient (Wildman–Crippen LogP) is 2.69. The van der Waals surface area contributed by atoms with Crippen LogP contribution in [0.15, 0.2) is 53.4 Å². The molecule has 2 aromatic carbocycles. The Morgan fingerprint density at radius 3 is 2.06 bits per heavy atom. The van der Waals surface area contributed by atoms with Gasteiger partial charge in [-0.3, -0.25) is 14.5 Å². The van der Waals surface area contributed by atoms with E-state index in [1.54, 1.807) is 43.3 Å². The number of aliphatic hydroxyl groups is 1. The van der Waals surface area contributed by atoms with Gasteiger partial charge in [0, 0.05) is 26.1 Å². The summed E-state index contributed by atoms with van der Waals surface area (Å²) in [7, 11) is -4.09. The molecule has 32 heavy (non-hydrogen) atoms. The number of nitrogens with zero attached hydrogens (tertiary/aromatic N) is 2. The number of rotatable bonds is 10. The van der Waals surface area contributed by atoms with Gasteiger partial charge in [-0.05, 0) is 37.6 Å². The standard InChI is InChI=1S/C22H24F2N2O5S/c1-16-7-9-17(10-8-16)32(30,31)25(14-11-22(23,24)15-27)12-4-13-26-20(28)18-5-2-3-6-19(18)21(26)29/h2-3,5-10,27H,4,11-15H2,1H3. The highest BCUT2D eigenvalue weighted by atomic mass is 32.2. The number of fused-ring (bicyclic) bond motifs is 1. The van der Waals surface area contributed by atoms with Crippen molar-refractivity contribution in [2.45, 2.75) is 30.6 Å². The maximum atomic E-state index is 13.6. The molecule has 0 saturated heterocycles. The van der Waals surface area contributed by atoms with Crippen LogP contribution in [0.4, 0.5) is 8.78 Å². The van der Waals surface area contributed by atoms with E-state index < -0.39 is 47.3 Å². The molecule has 1 aliphatic heterocycles. The zero-order valence-corrected chi connectivity index (χ0v) is 18.3. The highest BCUT2D eigenvalue weighted by Crippen LogP contribution is 2.24. The van der Waals surface area contributed by atoms with E-state index in [1.165, 1.54) is 12.1 Å². The second-order valence-corrected chi connectivity index (χ2v) is 9.58. The molecule has 1 N–H and O–H groups in total. The molecule has 0 atom stereocenters. The number of aliphatic hydroxyl groups excluding tert-OH is 1. The van der Waals surface area contributed by atoms with Gasteiger partial charge in [0.25, 0.3) is 17.7 Å². The summed E-state index contributed by atoms with van der Waals surface area (Å²) in [5.74, 6) is -4.36. The third-order valence-corrected chi connectivity index (χ3v) is 7.20. The molecule has 1 heterocycles. The van der Waals surface area contributed by atoms with E-state index in [0.29, 0.717) is 0 Å². The average Bonchev–Trinajstić information content (AvgIpc) is 3.01. The third kappa shape index (κ3) is 5.03. The molecule has 1 aliphatic rings. The highest BCUT2D eigenvalue weighted by Gasteiger charge is 2.36. The molecule has 0 radical (unpaired) electrons. The van der Waals surface area contributed by atoms with E-state index in [1.807, 2.05) is 0 Å². The number of benzene rings is 2. The first-order chi connectivity index (χ1) is 15.1. The molecule has 0 aromatic heterocycles. The number of sulfonamides is 1. The fourth-order valence-corrected chi connectivity index (χ4v) is 4.91. The predicted molar refractivity (Wildman–Crippen MR) is 113 cm³/mol. The lowest BCUT2D eigenvalue weighted by molar-refractivity contribution is -0.0584. The Hall–Kier alpha value is -2.69. The molecule has 3 rings (SSSR count). The zero-order valence-electron chi connectivity index (χ0n) is 17.5. The number of alkyl halides is 2. The Morgan fingerprint density at radius 2 is 1.53 bits per heavy atom. The van der Waals surface area contributed by atoms with Gasteiger partial charge in [0.2, 0.25) is 10.0 Å². The van der Waals surface area contributed by atoms with Crippen molar-refractivity contribution in [3.63, 3.8) is 0 Å². The first-order valence-corrected chi connectivity index (χ1v) is 11.5. The summed E-state index contributed by atoms with van der Waals surface area (Å²) in [5, 5.41) is 8.82. The molecule has 0 bridgehead atoms. The molecule has 7 nitrogen and oxygen atoms in total. The minimum atomic E-state index is -4.09. The van der Waals surface area contributed by atoms with Crippen molar-refractivity contribution in [2.75, 3.05) is 26.2 Å². The van der Waals surface area contributed by atoms with Crippen LogP contribution in [0.3, 0.4) is 0 Å². The lowest BCUT2D eigenvalue weighted by Crippen LogP contribution is -2.39. The molecule has 0 fully saturated rings. The summed E-state index contributed by atoms with van der Waals surface area (Å²) in [4.78, 5) is 25.9. The molecule has 0 spiro atoms. The number of hydrogen-bond donors (Lipinski definition) is 1. The maximum absolute atomic E-state index is 13.6. The smallest absolute Gasteiger partial charge is 0.271 e. The van der Waals surface area contributed by atoms with E-state index >= 15 is 0 Å². The van der Waals surface area contributed by atoms with E-state index in [-0.39, 0.29) is 35.5 Å². The first kappa shape index (κ1) is 24.0. The van der Waals surface area contributed by atoms with Crippen molar-refractivity contribution in [3.8, 4) is 0 Å². The Morgan fingerprint density at radius 1 is 0.969 bits per heavy atom. The number of imide groups is 1. The normalized spacial score (nSPS) is 14.3. The van der Waals surface area contributed by atoms with Crippen LogP contribution < -0.4 is 0 Å². The highest BCUT2D eigenvalue weighted by molar-refractivity contribution is 7.89. The molecule has 10 heteroatoms. The van der Waals surface area contributed by atoms with Crippen LogP contribution in [0.1, 0.15) is 39.1 Å². The van der Waals surface area contributed by atoms with Gasteiger partial charge in [0.05, 0.1) is 16.0 Å². The Kier molecular flexibility index (Phi) is 7.06. The van der Waals surface area contributed by atoms with Crippen molar-refractivity contribution < 1.29 is 31.9 Å². The summed E-state index contributed by atoms with van der Waals surface area (Å²) in [6, 6.07) is 12.4. The van der Waals surface area contributed by atoms with Crippen molar-refractivity contribution in [3.05, 3.63) is 65.2 Å². The summed E-state index contributed by atoms with van der Waals surface area (Å²) in [6.45, 7) is -0.349. The fraction of sp³-hybridized carbons (Fsp3) is 0.364. The van der Waals surface area contributed by atoms with Gasteiger partial charge in [-0.25, -0.2) is 17.2 Å². The first-order valence-electron chi connectivity index (χ1n) is 10.1. The number of carbonyl (C=O) groups excluding carboxylic acids is 2. The molecule has 0 aliphatic carbocycles. The summed E-state index contributed by atoms with van der Waals surface area (Å²) in [6.07, 6.45) is -0.789. The number of halogens is 2. The maximum Gasteiger partial charge on any atom is 0.271 e. The van der Waals surface area contributed by atoms with Crippen LogP contribution in [0.5, 0.6) is 0 Å². The summed E-state index contributed by atoms with van der Waals surface area (Å²) >= 11 is 0. The molecular formula is C22H24F2N2O5S. The van der Waals surface area contributed by atoms with Gasteiger partial charge in [0.1, 0.15) is 6.61 Å². The number of aryl methyl sites for hydroxylation is 1. The van der Waals surface area contributed by atoms with Crippen molar-refractivity contribution in [2.24, 2.45) is 0 Å². The molecule has 172 valence electrons. The Bertz CT molecular complexity index is 1070. The molecule has 2 aromatic rings. The second-order valence-electron chi connectivity index (χ2n) is 7.64. The zero-order chi connectivity index (χ0) is 23.5. The van der Waals surface area contributed by atoms with Crippen molar-refractivity contribution in [1.82, 2.24) is 9.21 Å². The Labute approximate surface area is 185 Å². The van der Waals surface area contributed by atoms with Gasteiger partial charge in [0.15, 0.2) is 0 Å². The van der Waals surface area contributed by atoms with Crippen LogP contribution >= 0.6 is 0 Å². The summed E-state index contributed by atoms with van der Waals surface area (Å²) in [5.41, 5.74) is 1.40. The second kappa shape index (κ2) is 9.43. The average molecular weight is 467 g/mol. The monoisotopic (exact) mass is 466 g/mol. The minimum absolute atomic E-state index is 0.0452. The SMILES string of the molecule is Cc1ccc(S(=O)(=O)N(CCCN2C(=O)c3ccccc3C2=O)CCC(F)(F)CO)cc1. The third-order valence-electron chi connectivity index (χ3n) is 5.28. The molecule has 0 unspecified atom stereocenters. The van der Waals surface area contributed by atoms with Crippen LogP contribution in [0.2, 0.25) is 0 Å². The number of amides is 2. The van der Waals surface area contributed by atoms with Gasteiger partial charge in [-0.1, -0.05) is 29.8 Å². The largest absolute Gasteiger partial charge is 0.390 e. The van der Waals surface area contributed by atoms with Gasteiger partial charge >= 0.3 is 0 Å². The van der Waals surface area contributed by atoms with Gasteiger partial charge < -0.3 is 5.11 Å². The minimum Gasteiger partial charge on any atom is -0.390 e. The van der Waals surface area contributed by atoms with Crippen LogP contribution in [0.25, 0.3) is 0 Å². The Balaban J connectivity index is 1.74. The fourth-order valence-electron chi connectivity index (χ4n) is 3.43. The van der Waals surface area contributed by atoms with Crippen LogP contribution in [0, 0.1) is 6.92 Å². The van der Waals surface area contributed by atoms with Crippen LogP contribution in [-0.4, -0.2) is 66.7 Å². The van der Waals surface area contributed by atoms with Crippen LogP contribution in [-0.2, 0) is 10.0 Å². The quantitative estimate of drug-likeness (QED) is 0.544. The topological polar surface area (TPSA) is 95.0 Å². The lowest BCUT2D eigenvalue weighted by Gasteiger charge is -2.25. The lowest BCUT2D eigenvalue weighted by atomic mass is 10.1. The van der Waals surface area contributed by atoms with Crippen molar-refractivity contribution in [1.29, 1.82) is 0 Å². The van der Waals surface area contributed by atoms with E-state index in [0.717, 1.165) is 14.8 Å². The van der Waals surface area contributed by atoms with Gasteiger partial charge in [-0.2, -0.15) is 4.31 Å². The van der Waals surface area contributed by atoms with E-state index in [9.17, 15) is 26.8 Å². The summed E-state index contributed by atoms with van der Waals surface area (Å²) < 4.78 is 54.2. The molecule has 0 saturated carbocycles. The van der Waals surface area contributed by atoms with Crippen molar-refractivity contribution >= 4 is 21.8 Å². The molecule has 2 amide bonds.